The van der Waals surface area contributed by atoms with E-state index in [1.54, 1.807) is 30.3 Å². The quantitative estimate of drug-likeness (QED) is 0.830. The van der Waals surface area contributed by atoms with Crippen LogP contribution in [0.25, 0.3) is 0 Å². The number of benzene rings is 1. The third-order valence-electron chi connectivity index (χ3n) is 2.53. The summed E-state index contributed by atoms with van der Waals surface area (Å²) in [5.41, 5.74) is 1.18. The van der Waals surface area contributed by atoms with Gasteiger partial charge in [0.05, 0.1) is 23.9 Å². The second kappa shape index (κ2) is 5.83. The molecular weight excluding hydrogens is 242 g/mol. The van der Waals surface area contributed by atoms with Gasteiger partial charge in [-0.3, -0.25) is 4.79 Å². The van der Waals surface area contributed by atoms with Crippen molar-refractivity contribution in [2.75, 3.05) is 6.61 Å². The topological polar surface area (TPSA) is 67.9 Å². The van der Waals surface area contributed by atoms with Crippen LogP contribution in [0, 0.1) is 18.3 Å². The number of rotatable bonds is 4. The third-order valence-corrected chi connectivity index (χ3v) is 2.53. The highest BCUT2D eigenvalue weighted by Gasteiger charge is 2.00. The molecule has 0 atom stereocenters. The number of hydrogen-bond donors (Lipinski definition) is 0. The van der Waals surface area contributed by atoms with E-state index in [0.29, 0.717) is 24.5 Å². The lowest BCUT2D eigenvalue weighted by Crippen LogP contribution is -2.25. The molecule has 0 amide bonds. The fourth-order valence-electron chi connectivity index (χ4n) is 1.62. The van der Waals surface area contributed by atoms with Gasteiger partial charge in [-0.1, -0.05) is 6.07 Å². The molecule has 0 radical (unpaired) electrons. The SMILES string of the molecule is Cc1ccc(=O)n(CCOc2cccc(C#N)c2)n1. The molecule has 96 valence electrons. The standard InChI is InChI=1S/C14H13N3O2/c1-11-5-6-14(18)17(16-11)7-8-19-13-4-2-3-12(9-13)10-15/h2-6,9H,7-8H2,1H3. The zero-order valence-corrected chi connectivity index (χ0v) is 10.5. The van der Waals surface area contributed by atoms with Gasteiger partial charge in [0.1, 0.15) is 12.4 Å². The van der Waals surface area contributed by atoms with Gasteiger partial charge >= 0.3 is 0 Å². The molecule has 1 aromatic carbocycles. The highest BCUT2D eigenvalue weighted by Crippen LogP contribution is 2.12. The molecule has 1 aromatic heterocycles. The molecule has 0 aliphatic heterocycles. The van der Waals surface area contributed by atoms with E-state index in [4.69, 9.17) is 10.00 Å². The first-order valence-corrected chi connectivity index (χ1v) is 5.87. The number of aromatic nitrogens is 2. The normalized spacial score (nSPS) is 9.89. The largest absolute Gasteiger partial charge is 0.492 e. The number of aryl methyl sites for hydroxylation is 1. The van der Waals surface area contributed by atoms with Crippen LogP contribution in [0.2, 0.25) is 0 Å². The maximum atomic E-state index is 11.5. The van der Waals surface area contributed by atoms with Gasteiger partial charge < -0.3 is 4.74 Å². The number of ether oxygens (including phenoxy) is 1. The fourth-order valence-corrected chi connectivity index (χ4v) is 1.62. The summed E-state index contributed by atoms with van der Waals surface area (Å²) >= 11 is 0. The number of nitriles is 1. The van der Waals surface area contributed by atoms with Gasteiger partial charge in [-0.15, -0.1) is 0 Å². The first-order valence-electron chi connectivity index (χ1n) is 5.87. The molecule has 0 spiro atoms. The average Bonchev–Trinajstić information content (AvgIpc) is 2.43. The maximum absolute atomic E-state index is 11.5. The van der Waals surface area contributed by atoms with Crippen LogP contribution in [0.5, 0.6) is 5.75 Å². The van der Waals surface area contributed by atoms with E-state index in [1.807, 2.05) is 13.0 Å². The summed E-state index contributed by atoms with van der Waals surface area (Å²) in [5.74, 6) is 0.611. The van der Waals surface area contributed by atoms with E-state index < -0.39 is 0 Å². The summed E-state index contributed by atoms with van der Waals surface area (Å²) in [4.78, 5) is 11.5. The smallest absolute Gasteiger partial charge is 0.266 e. The third kappa shape index (κ3) is 3.42. The van der Waals surface area contributed by atoms with Crippen molar-refractivity contribution < 1.29 is 4.74 Å². The molecule has 0 saturated heterocycles. The van der Waals surface area contributed by atoms with Crippen molar-refractivity contribution in [2.45, 2.75) is 13.5 Å². The molecule has 0 fully saturated rings. The van der Waals surface area contributed by atoms with Gasteiger partial charge in [-0.25, -0.2) is 4.68 Å². The number of hydrogen-bond acceptors (Lipinski definition) is 4. The Bertz CT molecular complexity index is 671. The Kier molecular flexibility index (Phi) is 3.94. The Morgan fingerprint density at radius 2 is 2.21 bits per heavy atom. The van der Waals surface area contributed by atoms with Gasteiger partial charge in [0, 0.05) is 6.07 Å². The molecule has 19 heavy (non-hydrogen) atoms. The fraction of sp³-hybridized carbons (Fsp3) is 0.214. The van der Waals surface area contributed by atoms with Crippen LogP contribution in [0.4, 0.5) is 0 Å². The van der Waals surface area contributed by atoms with Crippen LogP contribution in [0.15, 0.2) is 41.2 Å². The second-order valence-electron chi connectivity index (χ2n) is 4.02. The minimum atomic E-state index is -0.153. The first kappa shape index (κ1) is 12.8. The van der Waals surface area contributed by atoms with E-state index in [0.717, 1.165) is 5.69 Å². The zero-order chi connectivity index (χ0) is 13.7. The predicted octanol–water partition coefficient (Wildman–Crippen LogP) is 1.50. The molecule has 2 aromatic rings. The molecule has 1 heterocycles. The average molecular weight is 255 g/mol. The van der Waals surface area contributed by atoms with Crippen molar-refractivity contribution in [3.63, 3.8) is 0 Å². The lowest BCUT2D eigenvalue weighted by atomic mass is 10.2. The van der Waals surface area contributed by atoms with E-state index in [1.165, 1.54) is 10.7 Å². The van der Waals surface area contributed by atoms with Crippen molar-refractivity contribution in [1.29, 1.82) is 5.26 Å². The van der Waals surface area contributed by atoms with Crippen molar-refractivity contribution in [3.05, 3.63) is 58.0 Å². The van der Waals surface area contributed by atoms with Crippen molar-refractivity contribution in [1.82, 2.24) is 9.78 Å². The Hall–Kier alpha value is -2.61. The molecule has 0 aliphatic rings. The van der Waals surface area contributed by atoms with Gasteiger partial charge in [-0.2, -0.15) is 10.4 Å². The van der Waals surface area contributed by atoms with Crippen molar-refractivity contribution in [2.24, 2.45) is 0 Å². The van der Waals surface area contributed by atoms with Crippen molar-refractivity contribution in [3.8, 4) is 11.8 Å². The number of nitrogens with zero attached hydrogens (tertiary/aromatic N) is 3. The minimum absolute atomic E-state index is 0.153. The molecule has 2 rings (SSSR count). The zero-order valence-electron chi connectivity index (χ0n) is 10.5. The Morgan fingerprint density at radius 3 is 3.00 bits per heavy atom. The van der Waals surface area contributed by atoms with Crippen LogP contribution in [-0.2, 0) is 6.54 Å². The summed E-state index contributed by atoms with van der Waals surface area (Å²) < 4.78 is 6.86. The monoisotopic (exact) mass is 255 g/mol. The molecule has 5 nitrogen and oxygen atoms in total. The maximum Gasteiger partial charge on any atom is 0.266 e. The van der Waals surface area contributed by atoms with Crippen LogP contribution >= 0.6 is 0 Å². The lowest BCUT2D eigenvalue weighted by molar-refractivity contribution is 0.287. The molecule has 5 heteroatoms. The highest BCUT2D eigenvalue weighted by molar-refractivity contribution is 5.36. The molecular formula is C14H13N3O2. The van der Waals surface area contributed by atoms with Gasteiger partial charge in [-0.05, 0) is 31.2 Å². The van der Waals surface area contributed by atoms with Gasteiger partial charge in [0.15, 0.2) is 0 Å². The van der Waals surface area contributed by atoms with Gasteiger partial charge in [0.25, 0.3) is 5.56 Å². The van der Waals surface area contributed by atoms with E-state index in [9.17, 15) is 4.79 Å². The van der Waals surface area contributed by atoms with Crippen LogP contribution in [0.1, 0.15) is 11.3 Å². The van der Waals surface area contributed by atoms with E-state index >= 15 is 0 Å². The molecule has 0 aliphatic carbocycles. The summed E-state index contributed by atoms with van der Waals surface area (Å²) in [6.07, 6.45) is 0. The Labute approximate surface area is 110 Å². The van der Waals surface area contributed by atoms with Crippen molar-refractivity contribution >= 4 is 0 Å². The minimum Gasteiger partial charge on any atom is -0.492 e. The summed E-state index contributed by atoms with van der Waals surface area (Å²) in [5, 5.41) is 12.9. The molecule has 0 saturated carbocycles. The second-order valence-corrected chi connectivity index (χ2v) is 4.02. The van der Waals surface area contributed by atoms with Crippen LogP contribution in [-0.4, -0.2) is 16.4 Å². The molecule has 0 unspecified atom stereocenters. The Balaban J connectivity index is 1.98. The molecule has 0 bridgehead atoms. The first-order chi connectivity index (χ1) is 9.19. The molecule has 0 N–H and O–H groups in total. The summed E-state index contributed by atoms with van der Waals surface area (Å²) in [6.45, 7) is 2.52. The lowest BCUT2D eigenvalue weighted by Gasteiger charge is -2.07. The van der Waals surface area contributed by atoms with E-state index in [-0.39, 0.29) is 5.56 Å². The highest BCUT2D eigenvalue weighted by atomic mass is 16.5. The van der Waals surface area contributed by atoms with Crippen LogP contribution in [0.3, 0.4) is 0 Å². The van der Waals surface area contributed by atoms with Gasteiger partial charge in [0.2, 0.25) is 0 Å². The Morgan fingerprint density at radius 1 is 1.37 bits per heavy atom. The predicted molar refractivity (Wildman–Crippen MR) is 69.9 cm³/mol. The van der Waals surface area contributed by atoms with E-state index in [2.05, 4.69) is 5.10 Å². The van der Waals surface area contributed by atoms with Crippen LogP contribution < -0.4 is 10.3 Å². The summed E-state index contributed by atoms with van der Waals surface area (Å²) in [7, 11) is 0. The summed E-state index contributed by atoms with van der Waals surface area (Å²) in [6, 6.07) is 12.1.